The minimum absolute atomic E-state index is 0.338. The van der Waals surface area contributed by atoms with Crippen LogP contribution in [0, 0.1) is 5.92 Å². The van der Waals surface area contributed by atoms with E-state index in [0.29, 0.717) is 5.92 Å². The number of hydrogen-bond donors (Lipinski definition) is 0. The highest BCUT2D eigenvalue weighted by molar-refractivity contribution is 5.95. The van der Waals surface area contributed by atoms with Crippen LogP contribution in [-0.2, 0) is 0 Å². The zero-order valence-electron chi connectivity index (χ0n) is 6.07. The first-order valence-corrected chi connectivity index (χ1v) is 3.18. The van der Waals surface area contributed by atoms with Gasteiger partial charge in [-0.25, -0.2) is 9.98 Å². The van der Waals surface area contributed by atoms with Gasteiger partial charge in [-0.15, -0.1) is 0 Å². The SMILES string of the molecule is CC(C)C1=NC=NC=C=N1. The number of hydrogen-bond acceptors (Lipinski definition) is 3. The lowest BCUT2D eigenvalue weighted by atomic mass is 10.2. The second kappa shape index (κ2) is 3.08. The molecule has 0 aromatic rings. The highest BCUT2D eigenvalue weighted by Gasteiger charge is 2.00. The molecular weight excluding hydrogens is 126 g/mol. The van der Waals surface area contributed by atoms with Crippen LogP contribution in [0.5, 0.6) is 0 Å². The highest BCUT2D eigenvalue weighted by Crippen LogP contribution is 1.97. The van der Waals surface area contributed by atoms with Gasteiger partial charge in [0.25, 0.3) is 0 Å². The van der Waals surface area contributed by atoms with Gasteiger partial charge in [-0.3, -0.25) is 0 Å². The van der Waals surface area contributed by atoms with Gasteiger partial charge in [-0.1, -0.05) is 13.8 Å². The van der Waals surface area contributed by atoms with Crippen molar-refractivity contribution in [2.75, 3.05) is 0 Å². The predicted molar refractivity (Wildman–Crippen MR) is 42.8 cm³/mol. The van der Waals surface area contributed by atoms with Crippen LogP contribution < -0.4 is 0 Å². The van der Waals surface area contributed by atoms with Crippen molar-refractivity contribution in [2.24, 2.45) is 20.9 Å². The molecule has 1 aliphatic rings. The zero-order valence-corrected chi connectivity index (χ0v) is 6.07. The standard InChI is InChI=1S/C7H9N3/c1-6(2)7-9-4-3-8-5-10-7/h3,5-6H,1-2H3. The summed E-state index contributed by atoms with van der Waals surface area (Å²) in [7, 11) is 0. The fraction of sp³-hybridized carbons (Fsp3) is 0.429. The lowest BCUT2D eigenvalue weighted by Gasteiger charge is -1.98. The summed E-state index contributed by atoms with van der Waals surface area (Å²) in [5.74, 6) is 3.76. The summed E-state index contributed by atoms with van der Waals surface area (Å²) in [6.07, 6.45) is 2.98. The van der Waals surface area contributed by atoms with Crippen molar-refractivity contribution in [3.05, 3.63) is 6.20 Å². The molecule has 1 heterocycles. The summed E-state index contributed by atoms with van der Waals surface area (Å²) >= 11 is 0. The molecular formula is C7H9N3. The van der Waals surface area contributed by atoms with Crippen LogP contribution in [0.3, 0.4) is 0 Å². The van der Waals surface area contributed by atoms with E-state index in [1.807, 2.05) is 13.8 Å². The summed E-state index contributed by atoms with van der Waals surface area (Å²) in [6, 6.07) is 0. The quantitative estimate of drug-likeness (QED) is 0.519. The summed E-state index contributed by atoms with van der Waals surface area (Å²) in [5, 5.41) is 0. The van der Waals surface area contributed by atoms with Crippen LogP contribution in [0.15, 0.2) is 21.2 Å². The molecule has 0 amide bonds. The second-order valence-electron chi connectivity index (χ2n) is 2.28. The van der Waals surface area contributed by atoms with E-state index in [4.69, 9.17) is 0 Å². The fourth-order valence-electron chi connectivity index (χ4n) is 0.561. The van der Waals surface area contributed by atoms with Crippen LogP contribution in [0.1, 0.15) is 13.8 Å². The van der Waals surface area contributed by atoms with Crippen LogP contribution in [0.2, 0.25) is 0 Å². The molecule has 10 heavy (non-hydrogen) atoms. The number of aliphatic imine (C=N–C) groups is 3. The van der Waals surface area contributed by atoms with E-state index in [1.165, 1.54) is 12.5 Å². The molecule has 3 nitrogen and oxygen atoms in total. The van der Waals surface area contributed by atoms with Gasteiger partial charge in [0.05, 0.1) is 6.20 Å². The molecule has 0 saturated carbocycles. The Balaban J connectivity index is 2.86. The largest absolute Gasteiger partial charge is 0.235 e. The molecule has 0 aromatic carbocycles. The van der Waals surface area contributed by atoms with E-state index in [1.54, 1.807) is 0 Å². The predicted octanol–water partition coefficient (Wildman–Crippen LogP) is 1.27. The minimum Gasteiger partial charge on any atom is -0.235 e. The van der Waals surface area contributed by atoms with E-state index in [9.17, 15) is 0 Å². The summed E-state index contributed by atoms with van der Waals surface area (Å²) < 4.78 is 0. The van der Waals surface area contributed by atoms with Gasteiger partial charge < -0.3 is 0 Å². The van der Waals surface area contributed by atoms with Gasteiger partial charge in [0.15, 0.2) is 0 Å². The molecule has 0 bridgehead atoms. The van der Waals surface area contributed by atoms with Gasteiger partial charge >= 0.3 is 0 Å². The molecule has 0 fully saturated rings. The second-order valence-corrected chi connectivity index (χ2v) is 2.28. The maximum absolute atomic E-state index is 3.99. The Hall–Kier alpha value is -1.21. The van der Waals surface area contributed by atoms with E-state index in [2.05, 4.69) is 20.8 Å². The fourth-order valence-corrected chi connectivity index (χ4v) is 0.561. The lowest BCUT2D eigenvalue weighted by molar-refractivity contribution is 0.876. The first-order valence-electron chi connectivity index (χ1n) is 3.18. The van der Waals surface area contributed by atoms with Gasteiger partial charge in [0.1, 0.15) is 12.2 Å². The molecule has 0 saturated heterocycles. The van der Waals surface area contributed by atoms with E-state index in [0.717, 1.165) is 5.84 Å². The first-order chi connectivity index (χ1) is 4.80. The number of nitrogens with zero attached hydrogens (tertiary/aromatic N) is 3. The maximum Gasteiger partial charge on any atom is 0.142 e. The van der Waals surface area contributed by atoms with E-state index in [-0.39, 0.29) is 0 Å². The van der Waals surface area contributed by atoms with Crippen LogP contribution in [0.4, 0.5) is 0 Å². The van der Waals surface area contributed by atoms with Crippen molar-refractivity contribution in [1.29, 1.82) is 0 Å². The molecule has 0 aliphatic carbocycles. The number of amidine groups is 1. The Bertz CT molecular complexity index is 229. The van der Waals surface area contributed by atoms with Crippen LogP contribution >= 0.6 is 0 Å². The van der Waals surface area contributed by atoms with Crippen molar-refractivity contribution in [2.45, 2.75) is 13.8 Å². The molecule has 0 spiro atoms. The summed E-state index contributed by atoms with van der Waals surface area (Å²) in [4.78, 5) is 11.7. The van der Waals surface area contributed by atoms with E-state index >= 15 is 0 Å². The average Bonchev–Trinajstić information content (AvgIpc) is 2.12. The Kier molecular flexibility index (Phi) is 2.13. The molecule has 0 N–H and O–H groups in total. The lowest BCUT2D eigenvalue weighted by Crippen LogP contribution is -2.03. The third kappa shape index (κ3) is 1.64. The molecule has 1 rings (SSSR count). The van der Waals surface area contributed by atoms with Crippen molar-refractivity contribution in [1.82, 2.24) is 0 Å². The average molecular weight is 135 g/mol. The Morgan fingerprint density at radius 3 is 3.00 bits per heavy atom. The smallest absolute Gasteiger partial charge is 0.142 e. The molecule has 0 atom stereocenters. The van der Waals surface area contributed by atoms with Crippen LogP contribution in [-0.4, -0.2) is 18.0 Å². The van der Waals surface area contributed by atoms with Crippen molar-refractivity contribution < 1.29 is 0 Å². The van der Waals surface area contributed by atoms with Crippen molar-refractivity contribution in [3.8, 4) is 0 Å². The van der Waals surface area contributed by atoms with Gasteiger partial charge in [-0.05, 0) is 0 Å². The third-order valence-corrected chi connectivity index (χ3v) is 1.08. The maximum atomic E-state index is 3.99. The van der Waals surface area contributed by atoms with Crippen molar-refractivity contribution in [3.63, 3.8) is 0 Å². The molecule has 0 radical (unpaired) electrons. The van der Waals surface area contributed by atoms with Crippen molar-refractivity contribution >= 4 is 18.0 Å². The Morgan fingerprint density at radius 1 is 1.50 bits per heavy atom. The highest BCUT2D eigenvalue weighted by atomic mass is 15.0. The normalized spacial score (nSPS) is 15.7. The molecule has 3 heteroatoms. The minimum atomic E-state index is 0.338. The first kappa shape index (κ1) is 6.90. The summed E-state index contributed by atoms with van der Waals surface area (Å²) in [5.41, 5.74) is 0. The topological polar surface area (TPSA) is 37.1 Å². The molecule has 1 aliphatic heterocycles. The summed E-state index contributed by atoms with van der Waals surface area (Å²) in [6.45, 7) is 4.06. The Labute approximate surface area is 59.9 Å². The molecule has 0 aromatic heterocycles. The monoisotopic (exact) mass is 135 g/mol. The molecule has 52 valence electrons. The van der Waals surface area contributed by atoms with Gasteiger partial charge in [0, 0.05) is 11.8 Å². The van der Waals surface area contributed by atoms with Gasteiger partial charge in [-0.2, -0.15) is 4.99 Å². The number of rotatable bonds is 1. The zero-order chi connectivity index (χ0) is 7.40. The van der Waals surface area contributed by atoms with E-state index < -0.39 is 0 Å². The Morgan fingerprint density at radius 2 is 2.30 bits per heavy atom. The van der Waals surface area contributed by atoms with Crippen LogP contribution in [0.25, 0.3) is 0 Å². The van der Waals surface area contributed by atoms with Gasteiger partial charge in [0.2, 0.25) is 0 Å². The molecule has 0 unspecified atom stereocenters. The third-order valence-electron chi connectivity index (χ3n) is 1.08.